The van der Waals surface area contributed by atoms with Crippen molar-refractivity contribution in [3.63, 3.8) is 0 Å². The summed E-state index contributed by atoms with van der Waals surface area (Å²) in [6, 6.07) is 7.14. The van der Waals surface area contributed by atoms with Crippen LogP contribution in [0, 0.1) is 0 Å². The molecule has 1 aliphatic carbocycles. The molecule has 186 valence electrons. The van der Waals surface area contributed by atoms with Gasteiger partial charge >= 0.3 is 12.4 Å². The van der Waals surface area contributed by atoms with Crippen LogP contribution in [0.3, 0.4) is 0 Å². The Morgan fingerprint density at radius 1 is 0.912 bits per heavy atom. The van der Waals surface area contributed by atoms with Gasteiger partial charge in [-0.05, 0) is 49.9 Å². The summed E-state index contributed by atoms with van der Waals surface area (Å²) >= 11 is 0. The highest BCUT2D eigenvalue weighted by atomic mass is 19.4. The van der Waals surface area contributed by atoms with E-state index in [0.717, 1.165) is 5.69 Å². The van der Waals surface area contributed by atoms with E-state index in [2.05, 4.69) is 15.3 Å². The SMILES string of the molecule is CN(C)c1ccc(C(=O)N[C@H]2CC[C@@H](N(C)c3cc(C(F)(F)F)nc(C(F)(F)F)n3)CC2)cc1. The fourth-order valence-electron chi connectivity index (χ4n) is 3.86. The molecule has 6 nitrogen and oxygen atoms in total. The van der Waals surface area contributed by atoms with Crippen LogP contribution in [0.25, 0.3) is 0 Å². The number of aromatic nitrogens is 2. The van der Waals surface area contributed by atoms with E-state index in [1.807, 2.05) is 31.1 Å². The minimum Gasteiger partial charge on any atom is -0.378 e. The predicted molar refractivity (Wildman–Crippen MR) is 115 cm³/mol. The zero-order valence-corrected chi connectivity index (χ0v) is 18.8. The van der Waals surface area contributed by atoms with Gasteiger partial charge in [0.25, 0.3) is 5.91 Å². The molecule has 0 bridgehead atoms. The molecule has 1 N–H and O–H groups in total. The second-order valence-electron chi connectivity index (χ2n) is 8.46. The molecule has 3 rings (SSSR count). The molecular weight excluding hydrogens is 464 g/mol. The number of halogens is 6. The molecule has 1 aromatic carbocycles. The highest BCUT2D eigenvalue weighted by Gasteiger charge is 2.41. The van der Waals surface area contributed by atoms with Gasteiger partial charge < -0.3 is 15.1 Å². The standard InChI is InChI=1S/C22H25F6N5O/c1-32(2)15-8-4-13(5-9-15)19(34)29-14-6-10-16(11-7-14)33(3)18-12-17(21(23,24)25)30-20(31-18)22(26,27)28/h4-5,8-9,12,14,16H,6-7,10-11H2,1-3H3,(H,29,34)/t14-,16+. The summed E-state index contributed by atoms with van der Waals surface area (Å²) in [4.78, 5) is 21.8. The molecule has 0 atom stereocenters. The molecule has 1 amide bonds. The van der Waals surface area contributed by atoms with Crippen LogP contribution in [-0.4, -0.2) is 49.1 Å². The second-order valence-corrected chi connectivity index (χ2v) is 8.46. The molecule has 0 saturated heterocycles. The Morgan fingerprint density at radius 3 is 2.00 bits per heavy atom. The minimum absolute atomic E-state index is 0.146. The van der Waals surface area contributed by atoms with Crippen LogP contribution < -0.4 is 15.1 Å². The molecule has 0 aliphatic heterocycles. The highest BCUT2D eigenvalue weighted by Crippen LogP contribution is 2.35. The van der Waals surface area contributed by atoms with E-state index in [1.165, 1.54) is 11.9 Å². The summed E-state index contributed by atoms with van der Waals surface area (Å²) in [5, 5.41) is 2.95. The molecule has 12 heteroatoms. The van der Waals surface area contributed by atoms with Gasteiger partial charge in [0, 0.05) is 50.5 Å². The summed E-state index contributed by atoms with van der Waals surface area (Å²) in [6.45, 7) is 0. The third-order valence-corrected chi connectivity index (χ3v) is 5.84. The molecule has 1 fully saturated rings. The van der Waals surface area contributed by atoms with Crippen molar-refractivity contribution in [3.05, 3.63) is 47.4 Å². The lowest BCUT2D eigenvalue weighted by molar-refractivity contribution is -0.152. The summed E-state index contributed by atoms with van der Waals surface area (Å²) in [5.41, 5.74) is -0.185. The summed E-state index contributed by atoms with van der Waals surface area (Å²) in [5.74, 6) is -2.50. The first-order valence-corrected chi connectivity index (χ1v) is 10.6. The van der Waals surface area contributed by atoms with E-state index in [9.17, 15) is 31.1 Å². The van der Waals surface area contributed by atoms with Gasteiger partial charge in [0.05, 0.1) is 0 Å². The topological polar surface area (TPSA) is 61.4 Å². The number of hydrogen-bond acceptors (Lipinski definition) is 5. The maximum Gasteiger partial charge on any atom is 0.451 e. The molecule has 0 spiro atoms. The maximum atomic E-state index is 13.1. The fourth-order valence-corrected chi connectivity index (χ4v) is 3.86. The minimum atomic E-state index is -5.11. The van der Waals surface area contributed by atoms with Crippen molar-refractivity contribution in [3.8, 4) is 0 Å². The number of alkyl halides is 6. The van der Waals surface area contributed by atoms with Crippen molar-refractivity contribution in [1.29, 1.82) is 0 Å². The Labute approximate surface area is 193 Å². The molecular formula is C22H25F6N5O. The Morgan fingerprint density at radius 2 is 1.50 bits per heavy atom. The predicted octanol–water partition coefficient (Wildman–Crippen LogP) is 4.76. The van der Waals surface area contributed by atoms with Crippen molar-refractivity contribution in [1.82, 2.24) is 15.3 Å². The lowest BCUT2D eigenvalue weighted by atomic mass is 9.90. The third-order valence-electron chi connectivity index (χ3n) is 5.84. The van der Waals surface area contributed by atoms with Crippen molar-refractivity contribution < 1.29 is 31.1 Å². The second kappa shape index (κ2) is 9.67. The molecule has 0 unspecified atom stereocenters. The molecule has 2 aromatic rings. The number of amides is 1. The van der Waals surface area contributed by atoms with Crippen LogP contribution in [0.5, 0.6) is 0 Å². The van der Waals surface area contributed by atoms with Crippen LogP contribution in [0.4, 0.5) is 37.8 Å². The molecule has 1 aromatic heterocycles. The number of benzene rings is 1. The van der Waals surface area contributed by atoms with Crippen LogP contribution in [0.1, 0.15) is 47.6 Å². The number of carbonyl (C=O) groups is 1. The van der Waals surface area contributed by atoms with E-state index in [1.54, 1.807) is 12.1 Å². The van der Waals surface area contributed by atoms with Crippen molar-refractivity contribution in [2.75, 3.05) is 30.9 Å². The normalized spacial score (nSPS) is 19.0. The van der Waals surface area contributed by atoms with E-state index >= 15 is 0 Å². The largest absolute Gasteiger partial charge is 0.451 e. The Kier molecular flexibility index (Phi) is 7.27. The van der Waals surface area contributed by atoms with Crippen molar-refractivity contribution in [2.45, 2.75) is 50.1 Å². The lowest BCUT2D eigenvalue weighted by Crippen LogP contribution is -2.43. The number of nitrogens with one attached hydrogen (secondary N) is 1. The van der Waals surface area contributed by atoms with Gasteiger partial charge in [-0.3, -0.25) is 4.79 Å². The number of hydrogen-bond donors (Lipinski definition) is 1. The van der Waals surface area contributed by atoms with E-state index in [-0.39, 0.29) is 18.0 Å². The highest BCUT2D eigenvalue weighted by molar-refractivity contribution is 5.94. The van der Waals surface area contributed by atoms with Gasteiger partial charge in [0.15, 0.2) is 5.69 Å². The number of nitrogens with zero attached hydrogens (tertiary/aromatic N) is 4. The van der Waals surface area contributed by atoms with Gasteiger partial charge in [-0.2, -0.15) is 26.3 Å². The maximum absolute atomic E-state index is 13.1. The smallest absolute Gasteiger partial charge is 0.378 e. The van der Waals surface area contributed by atoms with Crippen molar-refractivity contribution in [2.24, 2.45) is 0 Å². The number of rotatable bonds is 5. The zero-order chi connectivity index (χ0) is 25.3. The van der Waals surface area contributed by atoms with Crippen LogP contribution in [0.15, 0.2) is 30.3 Å². The fraction of sp³-hybridized carbons (Fsp3) is 0.500. The first kappa shape index (κ1) is 25.6. The first-order valence-electron chi connectivity index (χ1n) is 10.6. The number of carbonyl (C=O) groups excluding carboxylic acids is 1. The average Bonchev–Trinajstić information content (AvgIpc) is 2.77. The Balaban J connectivity index is 1.65. The Bertz CT molecular complexity index is 966. The van der Waals surface area contributed by atoms with Gasteiger partial charge in [0.2, 0.25) is 5.82 Å². The molecule has 1 saturated carbocycles. The quantitative estimate of drug-likeness (QED) is 0.614. The van der Waals surface area contributed by atoms with Gasteiger partial charge in [-0.25, -0.2) is 9.97 Å². The summed E-state index contributed by atoms with van der Waals surface area (Å²) < 4.78 is 78.5. The third kappa shape index (κ3) is 6.09. The van der Waals surface area contributed by atoms with E-state index in [4.69, 9.17) is 0 Å². The number of anilines is 2. The van der Waals surface area contributed by atoms with E-state index < -0.39 is 29.7 Å². The summed E-state index contributed by atoms with van der Waals surface area (Å²) in [6.07, 6.45) is -8.16. The van der Waals surface area contributed by atoms with Crippen LogP contribution >= 0.6 is 0 Å². The lowest BCUT2D eigenvalue weighted by Gasteiger charge is -2.35. The van der Waals surface area contributed by atoms with Gasteiger partial charge in [0.1, 0.15) is 5.82 Å². The molecule has 1 heterocycles. The average molecular weight is 489 g/mol. The molecule has 0 radical (unpaired) electrons. The first-order chi connectivity index (χ1) is 15.8. The van der Waals surface area contributed by atoms with Gasteiger partial charge in [-0.15, -0.1) is 0 Å². The van der Waals surface area contributed by atoms with Gasteiger partial charge in [-0.1, -0.05) is 0 Å². The molecule has 34 heavy (non-hydrogen) atoms. The van der Waals surface area contributed by atoms with Crippen LogP contribution in [-0.2, 0) is 12.4 Å². The summed E-state index contributed by atoms with van der Waals surface area (Å²) in [7, 11) is 5.19. The Hall–Kier alpha value is -3.05. The van der Waals surface area contributed by atoms with Crippen molar-refractivity contribution >= 4 is 17.4 Å². The monoisotopic (exact) mass is 489 g/mol. The van der Waals surface area contributed by atoms with Crippen LogP contribution in [0.2, 0.25) is 0 Å². The molecule has 1 aliphatic rings. The van der Waals surface area contributed by atoms with E-state index in [0.29, 0.717) is 37.3 Å². The zero-order valence-electron chi connectivity index (χ0n) is 18.8.